The third-order valence-electron chi connectivity index (χ3n) is 3.37. The van der Waals surface area contributed by atoms with Crippen LogP contribution in [0.5, 0.6) is 0 Å². The van der Waals surface area contributed by atoms with Crippen LogP contribution >= 0.6 is 0 Å². The Morgan fingerprint density at radius 3 is 1.85 bits per heavy atom. The first kappa shape index (κ1) is 10.5. The van der Waals surface area contributed by atoms with Crippen molar-refractivity contribution in [1.82, 2.24) is 5.32 Å². The third kappa shape index (κ3) is 1.57. The fraction of sp³-hybridized carbons (Fsp3) is 0.900. The maximum Gasteiger partial charge on any atom is 0.222 e. The molecule has 1 aliphatic heterocycles. The normalized spacial score (nSPS) is 36.1. The number of carbonyl (C=O) groups excluding carboxylic acids is 1. The first-order valence-corrected chi connectivity index (χ1v) is 4.77. The van der Waals surface area contributed by atoms with E-state index in [1.165, 1.54) is 0 Å². The molecule has 0 aliphatic carbocycles. The third-order valence-corrected chi connectivity index (χ3v) is 3.37. The van der Waals surface area contributed by atoms with Crippen molar-refractivity contribution in [3.05, 3.63) is 0 Å². The van der Waals surface area contributed by atoms with Gasteiger partial charge in [0.05, 0.1) is 5.92 Å². The van der Waals surface area contributed by atoms with E-state index >= 15 is 0 Å². The molecule has 76 valence electrons. The van der Waals surface area contributed by atoms with Crippen molar-refractivity contribution in [3.8, 4) is 0 Å². The number of hydrogen-bond donors (Lipinski definition) is 2. The van der Waals surface area contributed by atoms with Crippen LogP contribution in [0, 0.1) is 11.8 Å². The molecule has 1 aliphatic rings. The summed E-state index contributed by atoms with van der Waals surface area (Å²) in [6.07, 6.45) is 0. The number of primary amides is 1. The van der Waals surface area contributed by atoms with Gasteiger partial charge in [-0.1, -0.05) is 6.92 Å². The zero-order valence-corrected chi connectivity index (χ0v) is 9.14. The van der Waals surface area contributed by atoms with Gasteiger partial charge in [0.1, 0.15) is 0 Å². The second-order valence-corrected chi connectivity index (χ2v) is 5.24. The average molecular weight is 184 g/mol. The topological polar surface area (TPSA) is 55.1 Å². The highest BCUT2D eigenvalue weighted by Crippen LogP contribution is 2.40. The van der Waals surface area contributed by atoms with Gasteiger partial charge in [0.25, 0.3) is 0 Å². The molecule has 3 heteroatoms. The Morgan fingerprint density at radius 1 is 1.23 bits per heavy atom. The van der Waals surface area contributed by atoms with E-state index in [0.717, 1.165) is 0 Å². The number of nitrogens with one attached hydrogen (secondary N) is 1. The summed E-state index contributed by atoms with van der Waals surface area (Å²) in [5.41, 5.74) is 5.21. The van der Waals surface area contributed by atoms with Crippen LogP contribution in [0.3, 0.4) is 0 Å². The largest absolute Gasteiger partial charge is 0.369 e. The SMILES string of the molecule is CC1C(C(N)=O)C(C)(C)NC1(C)C. The summed E-state index contributed by atoms with van der Waals surface area (Å²) >= 11 is 0. The van der Waals surface area contributed by atoms with Crippen molar-refractivity contribution in [2.75, 3.05) is 0 Å². The smallest absolute Gasteiger partial charge is 0.222 e. The van der Waals surface area contributed by atoms with Crippen molar-refractivity contribution in [3.63, 3.8) is 0 Å². The summed E-state index contributed by atoms with van der Waals surface area (Å²) in [7, 11) is 0. The van der Waals surface area contributed by atoms with Crippen LogP contribution in [-0.4, -0.2) is 17.0 Å². The van der Waals surface area contributed by atoms with E-state index in [9.17, 15) is 4.79 Å². The lowest BCUT2D eigenvalue weighted by atomic mass is 9.78. The molecule has 2 unspecified atom stereocenters. The minimum Gasteiger partial charge on any atom is -0.369 e. The van der Waals surface area contributed by atoms with Gasteiger partial charge in [0.2, 0.25) is 5.91 Å². The number of nitrogens with two attached hydrogens (primary N) is 1. The van der Waals surface area contributed by atoms with Crippen LogP contribution in [0.25, 0.3) is 0 Å². The van der Waals surface area contributed by atoms with Gasteiger partial charge in [0.15, 0.2) is 0 Å². The minimum atomic E-state index is -0.199. The van der Waals surface area contributed by atoms with E-state index in [-0.39, 0.29) is 28.8 Å². The molecule has 1 heterocycles. The fourth-order valence-electron chi connectivity index (χ4n) is 2.67. The summed E-state index contributed by atoms with van der Waals surface area (Å²) in [4.78, 5) is 11.3. The average Bonchev–Trinajstić information content (AvgIpc) is 1.96. The zero-order valence-electron chi connectivity index (χ0n) is 9.14. The Bertz CT molecular complexity index is 233. The minimum absolute atomic E-state index is 0.0107. The van der Waals surface area contributed by atoms with Gasteiger partial charge >= 0.3 is 0 Å². The molecular weight excluding hydrogens is 164 g/mol. The zero-order chi connectivity index (χ0) is 10.4. The van der Waals surface area contributed by atoms with Gasteiger partial charge in [-0.25, -0.2) is 0 Å². The highest BCUT2D eigenvalue weighted by atomic mass is 16.1. The Morgan fingerprint density at radius 2 is 1.69 bits per heavy atom. The van der Waals surface area contributed by atoms with Gasteiger partial charge in [-0.05, 0) is 33.6 Å². The van der Waals surface area contributed by atoms with Crippen molar-refractivity contribution in [2.24, 2.45) is 17.6 Å². The maximum absolute atomic E-state index is 11.3. The lowest BCUT2D eigenvalue weighted by molar-refractivity contribution is -0.124. The van der Waals surface area contributed by atoms with Crippen LogP contribution < -0.4 is 11.1 Å². The molecule has 2 atom stereocenters. The predicted octanol–water partition coefficient (Wildman–Crippen LogP) is 0.884. The molecule has 0 spiro atoms. The summed E-state index contributed by atoms with van der Waals surface area (Å²) in [6, 6.07) is 0. The Kier molecular flexibility index (Phi) is 2.19. The predicted molar refractivity (Wildman–Crippen MR) is 53.1 cm³/mol. The number of hydrogen-bond acceptors (Lipinski definition) is 2. The molecule has 0 saturated carbocycles. The lowest BCUT2D eigenvalue weighted by Crippen LogP contribution is -2.47. The molecule has 13 heavy (non-hydrogen) atoms. The van der Waals surface area contributed by atoms with E-state index in [0.29, 0.717) is 0 Å². The monoisotopic (exact) mass is 184 g/mol. The first-order valence-electron chi connectivity index (χ1n) is 4.77. The van der Waals surface area contributed by atoms with E-state index in [4.69, 9.17) is 5.73 Å². The van der Waals surface area contributed by atoms with E-state index in [2.05, 4.69) is 26.1 Å². The van der Waals surface area contributed by atoms with Gasteiger partial charge in [-0.15, -0.1) is 0 Å². The molecule has 3 N–H and O–H groups in total. The number of carbonyl (C=O) groups is 1. The van der Waals surface area contributed by atoms with Crippen molar-refractivity contribution in [2.45, 2.75) is 45.7 Å². The van der Waals surface area contributed by atoms with Gasteiger partial charge in [0, 0.05) is 11.1 Å². The summed E-state index contributed by atoms with van der Waals surface area (Å²) in [5, 5.41) is 3.45. The molecule has 1 fully saturated rings. The summed E-state index contributed by atoms with van der Waals surface area (Å²) < 4.78 is 0. The molecule has 1 saturated heterocycles. The van der Waals surface area contributed by atoms with Gasteiger partial charge < -0.3 is 11.1 Å². The molecule has 0 aromatic carbocycles. The molecule has 0 bridgehead atoms. The van der Waals surface area contributed by atoms with Crippen LogP contribution in [0.4, 0.5) is 0 Å². The Labute approximate surface area is 80.1 Å². The molecule has 0 aromatic heterocycles. The quantitative estimate of drug-likeness (QED) is 0.635. The van der Waals surface area contributed by atoms with Crippen LogP contribution in [-0.2, 0) is 4.79 Å². The molecule has 0 radical (unpaired) electrons. The molecule has 1 amide bonds. The van der Waals surface area contributed by atoms with Gasteiger partial charge in [-0.2, -0.15) is 0 Å². The van der Waals surface area contributed by atoms with E-state index in [1.54, 1.807) is 0 Å². The molecule has 1 rings (SSSR count). The summed E-state index contributed by atoms with van der Waals surface area (Å²) in [6.45, 7) is 10.4. The van der Waals surface area contributed by atoms with Gasteiger partial charge in [-0.3, -0.25) is 4.79 Å². The second kappa shape index (κ2) is 2.71. The number of rotatable bonds is 1. The Balaban J connectivity index is 3.02. The lowest BCUT2D eigenvalue weighted by Gasteiger charge is -2.26. The first-order chi connectivity index (χ1) is 5.68. The highest BCUT2D eigenvalue weighted by Gasteiger charge is 2.52. The number of amides is 1. The van der Waals surface area contributed by atoms with E-state index < -0.39 is 0 Å². The maximum atomic E-state index is 11.3. The van der Waals surface area contributed by atoms with Crippen LogP contribution in [0.2, 0.25) is 0 Å². The molecule has 0 aromatic rings. The molecule has 3 nitrogen and oxygen atoms in total. The van der Waals surface area contributed by atoms with Crippen molar-refractivity contribution < 1.29 is 4.79 Å². The van der Waals surface area contributed by atoms with Crippen LogP contribution in [0.1, 0.15) is 34.6 Å². The molecular formula is C10H20N2O. The highest BCUT2D eigenvalue weighted by molar-refractivity contribution is 5.79. The van der Waals surface area contributed by atoms with E-state index in [1.807, 2.05) is 13.8 Å². The standard InChI is InChI=1S/C10H20N2O/c1-6-7(8(11)13)10(4,5)12-9(6,2)3/h6-7,12H,1-5H3,(H2,11,13). The fourth-order valence-corrected chi connectivity index (χ4v) is 2.67. The van der Waals surface area contributed by atoms with Crippen molar-refractivity contribution in [1.29, 1.82) is 0 Å². The van der Waals surface area contributed by atoms with Crippen LogP contribution in [0.15, 0.2) is 0 Å². The Hall–Kier alpha value is -0.570. The van der Waals surface area contributed by atoms with Crippen molar-refractivity contribution >= 4 is 5.91 Å². The summed E-state index contributed by atoms with van der Waals surface area (Å²) in [5.74, 6) is -0.00178. The second-order valence-electron chi connectivity index (χ2n) is 5.24.